The van der Waals surface area contributed by atoms with Crippen LogP contribution in [0.2, 0.25) is 0 Å². The molecule has 0 amide bonds. The summed E-state index contributed by atoms with van der Waals surface area (Å²) in [6, 6.07) is 0.541. The molecule has 22 heavy (non-hydrogen) atoms. The number of nitrogens with zero attached hydrogens (tertiary/aromatic N) is 8. The minimum absolute atomic E-state index is 0.270. The number of hydrogen-bond acceptors (Lipinski definition) is 8. The Balaban J connectivity index is 1.75. The van der Waals surface area contributed by atoms with E-state index in [4.69, 9.17) is 0 Å². The summed E-state index contributed by atoms with van der Waals surface area (Å²) in [5.41, 5.74) is 0. The smallest absolute Gasteiger partial charge is 0.209 e. The number of rotatable bonds is 8. The average Bonchev–Trinajstić information content (AvgIpc) is 3.11. The molecule has 10 heteroatoms. The van der Waals surface area contributed by atoms with E-state index in [-0.39, 0.29) is 12.1 Å². The largest absolute Gasteiger partial charge is 0.218 e. The van der Waals surface area contributed by atoms with E-state index in [1.165, 1.54) is 0 Å². The van der Waals surface area contributed by atoms with Crippen LogP contribution in [0.25, 0.3) is 0 Å². The number of thioether (sulfide) groups is 2. The Morgan fingerprint density at radius 3 is 1.59 bits per heavy atom. The van der Waals surface area contributed by atoms with Gasteiger partial charge in [-0.15, -0.1) is 10.2 Å². The summed E-state index contributed by atoms with van der Waals surface area (Å²) in [6.45, 7) is 8.25. The molecule has 2 aromatic heterocycles. The summed E-state index contributed by atoms with van der Waals surface area (Å²) in [7, 11) is 0. The van der Waals surface area contributed by atoms with Gasteiger partial charge in [0.05, 0.1) is 12.1 Å². The van der Waals surface area contributed by atoms with Crippen LogP contribution in [-0.4, -0.2) is 51.9 Å². The van der Waals surface area contributed by atoms with E-state index in [1.54, 1.807) is 23.5 Å². The molecule has 0 atom stereocenters. The highest BCUT2D eigenvalue weighted by Crippen LogP contribution is 2.19. The Morgan fingerprint density at radius 2 is 1.23 bits per heavy atom. The van der Waals surface area contributed by atoms with Crippen molar-refractivity contribution >= 4 is 23.5 Å². The van der Waals surface area contributed by atoms with Crippen LogP contribution in [0.5, 0.6) is 0 Å². The Bertz CT molecular complexity index is 552. The predicted molar refractivity (Wildman–Crippen MR) is 87.0 cm³/mol. The molecule has 0 saturated carbocycles. The maximum atomic E-state index is 4.02. The fourth-order valence-corrected chi connectivity index (χ4v) is 3.30. The van der Waals surface area contributed by atoms with Crippen molar-refractivity contribution < 1.29 is 0 Å². The first kappa shape index (κ1) is 16.9. The molecule has 0 aromatic carbocycles. The molecule has 0 saturated heterocycles. The van der Waals surface area contributed by atoms with Crippen molar-refractivity contribution in [3.8, 4) is 0 Å². The first-order valence-corrected chi connectivity index (χ1v) is 9.03. The lowest BCUT2D eigenvalue weighted by atomic mass is 10.4. The van der Waals surface area contributed by atoms with Crippen molar-refractivity contribution in [2.75, 3.05) is 11.5 Å². The molecular formula is C12H20N8S2. The first-order valence-electron chi connectivity index (χ1n) is 7.06. The van der Waals surface area contributed by atoms with E-state index in [0.29, 0.717) is 0 Å². The lowest BCUT2D eigenvalue weighted by Gasteiger charge is -2.06. The molecule has 2 heterocycles. The second-order valence-electron chi connectivity index (χ2n) is 5.09. The van der Waals surface area contributed by atoms with Crippen LogP contribution in [0, 0.1) is 0 Å². The van der Waals surface area contributed by atoms with Gasteiger partial charge in [-0.05, 0) is 48.5 Å². The van der Waals surface area contributed by atoms with Crippen molar-refractivity contribution in [3.63, 3.8) is 0 Å². The Labute approximate surface area is 138 Å². The normalized spacial score (nSPS) is 12.1. The molecular weight excluding hydrogens is 320 g/mol. The molecule has 0 aliphatic heterocycles. The summed E-state index contributed by atoms with van der Waals surface area (Å²) in [5, 5.41) is 25.1. The molecule has 0 radical (unpaired) electrons. The van der Waals surface area contributed by atoms with E-state index in [2.05, 4.69) is 70.9 Å². The van der Waals surface area contributed by atoms with Crippen molar-refractivity contribution in [1.29, 1.82) is 0 Å². The topological polar surface area (TPSA) is 87.2 Å². The second-order valence-corrected chi connectivity index (χ2v) is 7.07. The van der Waals surface area contributed by atoms with Crippen molar-refractivity contribution in [2.24, 2.45) is 0 Å². The summed E-state index contributed by atoms with van der Waals surface area (Å²) >= 11 is 3.25. The van der Waals surface area contributed by atoms with Gasteiger partial charge in [-0.25, -0.2) is 9.36 Å². The third-order valence-corrected chi connectivity index (χ3v) is 4.46. The van der Waals surface area contributed by atoms with Gasteiger partial charge in [-0.2, -0.15) is 0 Å². The van der Waals surface area contributed by atoms with Crippen LogP contribution < -0.4 is 0 Å². The zero-order chi connectivity index (χ0) is 15.9. The van der Waals surface area contributed by atoms with Gasteiger partial charge in [-0.1, -0.05) is 35.7 Å². The van der Waals surface area contributed by atoms with Gasteiger partial charge >= 0.3 is 0 Å². The lowest BCUT2D eigenvalue weighted by Crippen LogP contribution is -2.04. The molecule has 0 N–H and O–H groups in total. The SMILES string of the molecule is CC(C)n1nnnc1SC/C=C\CSc1nnnn1C(C)C. The van der Waals surface area contributed by atoms with E-state index in [9.17, 15) is 0 Å². The van der Waals surface area contributed by atoms with Crippen molar-refractivity contribution in [1.82, 2.24) is 40.4 Å². The fraction of sp³-hybridized carbons (Fsp3) is 0.667. The number of hydrogen-bond donors (Lipinski definition) is 0. The fourth-order valence-electron chi connectivity index (χ4n) is 1.59. The van der Waals surface area contributed by atoms with Gasteiger partial charge < -0.3 is 0 Å². The molecule has 0 unspecified atom stereocenters. The highest BCUT2D eigenvalue weighted by Gasteiger charge is 2.09. The molecule has 0 fully saturated rings. The van der Waals surface area contributed by atoms with Gasteiger partial charge in [0.15, 0.2) is 0 Å². The molecule has 8 nitrogen and oxygen atoms in total. The number of tetrazole rings is 2. The average molecular weight is 340 g/mol. The monoisotopic (exact) mass is 340 g/mol. The van der Waals surface area contributed by atoms with Gasteiger partial charge in [0.2, 0.25) is 10.3 Å². The summed E-state index contributed by atoms with van der Waals surface area (Å²) in [5.74, 6) is 1.67. The minimum atomic E-state index is 0.270. The van der Waals surface area contributed by atoms with Crippen molar-refractivity contribution in [2.45, 2.75) is 50.1 Å². The van der Waals surface area contributed by atoms with Crippen LogP contribution in [0.1, 0.15) is 39.8 Å². The van der Waals surface area contributed by atoms with E-state index in [0.717, 1.165) is 21.8 Å². The standard InChI is InChI=1S/C12H20N8S2/c1-9(2)19-11(13-15-17-19)21-7-5-6-8-22-12-14-16-18-20(12)10(3)4/h5-6,9-10H,7-8H2,1-4H3/b6-5-. The quantitative estimate of drug-likeness (QED) is 0.534. The summed E-state index contributed by atoms with van der Waals surface area (Å²) < 4.78 is 3.65. The number of aromatic nitrogens is 8. The molecule has 2 rings (SSSR count). The van der Waals surface area contributed by atoms with Gasteiger partial charge in [0, 0.05) is 11.5 Å². The van der Waals surface area contributed by atoms with Crippen LogP contribution >= 0.6 is 23.5 Å². The molecule has 120 valence electrons. The first-order chi connectivity index (χ1) is 10.6. The van der Waals surface area contributed by atoms with Crippen LogP contribution in [-0.2, 0) is 0 Å². The van der Waals surface area contributed by atoms with Gasteiger partial charge in [0.1, 0.15) is 0 Å². The van der Waals surface area contributed by atoms with Gasteiger partial charge in [-0.3, -0.25) is 0 Å². The van der Waals surface area contributed by atoms with Crippen LogP contribution in [0.3, 0.4) is 0 Å². The zero-order valence-electron chi connectivity index (χ0n) is 13.1. The minimum Gasteiger partial charge on any atom is -0.218 e. The Hall–Kier alpha value is -1.42. The Kier molecular flexibility index (Phi) is 6.37. The predicted octanol–water partition coefficient (Wildman–Crippen LogP) is 2.26. The zero-order valence-corrected chi connectivity index (χ0v) is 14.8. The van der Waals surface area contributed by atoms with Crippen LogP contribution in [0.15, 0.2) is 22.5 Å². The third-order valence-electron chi connectivity index (χ3n) is 2.69. The molecule has 0 aliphatic carbocycles. The molecule has 0 spiro atoms. The Morgan fingerprint density at radius 1 is 0.818 bits per heavy atom. The van der Waals surface area contributed by atoms with Gasteiger partial charge in [0.25, 0.3) is 0 Å². The molecule has 0 bridgehead atoms. The lowest BCUT2D eigenvalue weighted by molar-refractivity contribution is 0.477. The maximum Gasteiger partial charge on any atom is 0.209 e. The highest BCUT2D eigenvalue weighted by atomic mass is 32.2. The van der Waals surface area contributed by atoms with Crippen molar-refractivity contribution in [3.05, 3.63) is 12.2 Å². The molecule has 0 aliphatic rings. The van der Waals surface area contributed by atoms with E-state index >= 15 is 0 Å². The highest BCUT2D eigenvalue weighted by molar-refractivity contribution is 7.99. The van der Waals surface area contributed by atoms with Crippen LogP contribution in [0.4, 0.5) is 0 Å². The maximum absolute atomic E-state index is 4.02. The second kappa shape index (κ2) is 8.28. The van der Waals surface area contributed by atoms with E-state index < -0.39 is 0 Å². The summed E-state index contributed by atoms with van der Waals surface area (Å²) in [6.07, 6.45) is 4.22. The van der Waals surface area contributed by atoms with E-state index in [1.807, 2.05) is 9.36 Å². The molecule has 2 aromatic rings. The summed E-state index contributed by atoms with van der Waals surface area (Å²) in [4.78, 5) is 0. The third kappa shape index (κ3) is 4.54.